The molecule has 0 fully saturated rings. The zero-order chi connectivity index (χ0) is 22.5. The molecular weight excluding hydrogens is 661 g/mol. The normalized spacial score (nSPS) is 10.9. The first kappa shape index (κ1) is 47.0. The van der Waals surface area contributed by atoms with Crippen LogP contribution in [-0.2, 0) is 67.6 Å². The molecule has 0 unspecified atom stereocenters. The van der Waals surface area contributed by atoms with E-state index in [1.165, 1.54) is 0 Å². The van der Waals surface area contributed by atoms with Crippen molar-refractivity contribution in [3.8, 4) is 0 Å². The Morgan fingerprint density at radius 3 is 0.333 bits per heavy atom. The Morgan fingerprint density at radius 2 is 0.333 bits per heavy atom. The Labute approximate surface area is 179 Å². The average molecular weight is 666 g/mol. The topological polar surface area (TPSA) is 417 Å². The van der Waals surface area contributed by atoms with Gasteiger partial charge in [0.05, 0.1) is 39.1 Å². The predicted octanol–water partition coefficient (Wildman–Crippen LogP) is -11.0. The van der Waals surface area contributed by atoms with Gasteiger partial charge in [0.25, 0.3) is 0 Å². The van der Waals surface area contributed by atoms with Gasteiger partial charge in [-0.25, -0.2) is 0 Å². The summed E-state index contributed by atoms with van der Waals surface area (Å²) in [5.74, 6) is 0. The first-order chi connectivity index (χ1) is 10.0. The third-order valence-corrected chi connectivity index (χ3v) is 0. The molecule has 5 N–H and O–H groups in total. The Bertz CT molecular complexity index is 375. The van der Waals surface area contributed by atoms with Gasteiger partial charge in [0, 0.05) is 0 Å². The van der Waals surface area contributed by atoms with Gasteiger partial charge in [-0.2, -0.15) is 0 Å². The maximum absolute atomic E-state index is 8.66. The molecule has 0 aromatic rings. The summed E-state index contributed by atoms with van der Waals surface area (Å²) in [5, 5.41) is 0. The van der Waals surface area contributed by atoms with E-state index in [1.807, 2.05) is 0 Å². The third kappa shape index (κ3) is 4610. The second-order valence-corrected chi connectivity index (χ2v) is 7.03. The average Bonchev–Trinajstić information content (AvgIpc) is 1.79. The van der Waals surface area contributed by atoms with Crippen molar-refractivity contribution >= 4 is 39.1 Å². The molecule has 0 atom stereocenters. The zero-order valence-corrected chi connectivity index (χ0v) is 20.4. The summed E-state index contributed by atoms with van der Waals surface area (Å²) in [6.07, 6.45) is 0. The summed E-state index contributed by atoms with van der Waals surface area (Å²) in [4.78, 5) is 121. The Balaban J connectivity index is -0.0000000364. The largest absolute Gasteiger partial charge is 5.00 e. The fraction of sp³-hybridized carbons (Fsp3) is 0. The molecule has 160 valence electrons. The van der Waals surface area contributed by atoms with Gasteiger partial charge in [-0.3, -0.25) is 0 Å². The van der Waals surface area contributed by atoms with Crippen LogP contribution in [0.2, 0.25) is 0 Å². The summed E-state index contributed by atoms with van der Waals surface area (Å²) >= 11 is 0. The van der Waals surface area contributed by atoms with Crippen LogP contribution in [0, 0.1) is 0 Å². The van der Waals surface area contributed by atoms with E-state index in [0.29, 0.717) is 0 Å². The summed E-state index contributed by atoms with van der Waals surface area (Å²) in [5.41, 5.74) is 0. The molecule has 0 aliphatic heterocycles. The van der Waals surface area contributed by atoms with Crippen LogP contribution >= 0.6 is 39.1 Å². The van der Waals surface area contributed by atoms with E-state index in [-0.39, 0.29) is 44.8 Å². The molecule has 0 spiro atoms. The van der Waals surface area contributed by atoms with E-state index in [2.05, 4.69) is 0 Å². The molecule has 0 rings (SSSR count). The van der Waals surface area contributed by atoms with Gasteiger partial charge in [-0.1, -0.05) is 0 Å². The minimum Gasteiger partial charge on any atom is -0.790 e. The Morgan fingerprint density at radius 1 is 0.333 bits per heavy atom. The van der Waals surface area contributed by atoms with Crippen molar-refractivity contribution in [1.29, 1.82) is 0 Å². The van der Waals surface area contributed by atoms with E-state index in [1.54, 1.807) is 0 Å². The Hall–Kier alpha value is 2.03. The molecule has 0 saturated heterocycles. The van der Waals surface area contributed by atoms with Crippen molar-refractivity contribution < 1.29 is 141 Å². The molecule has 0 aromatic heterocycles. The van der Waals surface area contributed by atoms with Crippen LogP contribution in [0.4, 0.5) is 0 Å². The van der Waals surface area contributed by atoms with Gasteiger partial charge in [0.15, 0.2) is 0 Å². The minimum absolute atomic E-state index is 0. The van der Waals surface area contributed by atoms with Crippen LogP contribution < -0.4 is 48.9 Å². The van der Waals surface area contributed by atoms with Crippen LogP contribution in [0.3, 0.4) is 0 Å². The number of hydrogen-bond donors (Lipinski definition) is 5. The van der Waals surface area contributed by atoms with Gasteiger partial charge in [0.1, 0.15) is 0 Å². The molecular formula is H5Nb2O20P5. The van der Waals surface area contributed by atoms with Crippen molar-refractivity contribution in [2.45, 2.75) is 0 Å². The second kappa shape index (κ2) is 20.0. The fourth-order valence-electron chi connectivity index (χ4n) is 0. The summed E-state index contributed by atoms with van der Waals surface area (Å²) in [7, 11) is -25.7. The van der Waals surface area contributed by atoms with Gasteiger partial charge in [0.2, 0.25) is 0 Å². The summed E-state index contributed by atoms with van der Waals surface area (Å²) in [6, 6.07) is 0. The molecule has 27 heavy (non-hydrogen) atoms. The van der Waals surface area contributed by atoms with Crippen LogP contribution in [0.15, 0.2) is 0 Å². The van der Waals surface area contributed by atoms with Crippen LogP contribution in [0.1, 0.15) is 0 Å². The van der Waals surface area contributed by atoms with Gasteiger partial charge in [-0.05, 0) is 0 Å². The van der Waals surface area contributed by atoms with Crippen LogP contribution in [-0.4, -0.2) is 24.5 Å². The van der Waals surface area contributed by atoms with Crippen molar-refractivity contribution in [2.75, 3.05) is 0 Å². The van der Waals surface area contributed by atoms with Gasteiger partial charge < -0.3 is 96.2 Å². The van der Waals surface area contributed by atoms with Crippen molar-refractivity contribution in [3.05, 3.63) is 0 Å². The zero-order valence-electron chi connectivity index (χ0n) is 11.5. The van der Waals surface area contributed by atoms with Crippen molar-refractivity contribution in [1.82, 2.24) is 0 Å². The molecule has 20 nitrogen and oxygen atoms in total. The fourth-order valence-corrected chi connectivity index (χ4v) is 0. The first-order valence-corrected chi connectivity index (χ1v) is 11.2. The molecule has 0 bridgehead atoms. The Kier molecular flexibility index (Phi) is 34.7. The number of hydrogen-bond acceptors (Lipinski definition) is 15. The molecule has 0 radical (unpaired) electrons. The maximum Gasteiger partial charge on any atom is 5.00 e. The second-order valence-electron chi connectivity index (χ2n) is 2.34. The standard InChI is InChI=1S/2Nb.5H3O4P/c;;5*1-5(2,3)4/h;;5*(H3,1,2,3,4)/q2*+5;;;;;/p-10. The molecule has 0 aliphatic carbocycles. The molecule has 0 heterocycles. The molecule has 0 aromatic carbocycles. The van der Waals surface area contributed by atoms with Crippen molar-refractivity contribution in [2.24, 2.45) is 0 Å². The maximum atomic E-state index is 8.66. The molecule has 0 aliphatic rings. The van der Waals surface area contributed by atoms with E-state index in [4.69, 9.17) is 96.2 Å². The first-order valence-electron chi connectivity index (χ1n) is 3.74. The number of rotatable bonds is 0. The molecule has 0 saturated carbocycles. The predicted molar refractivity (Wildman–Crippen MR) is 49.1 cm³/mol. The van der Waals surface area contributed by atoms with Gasteiger partial charge >= 0.3 is 44.8 Å². The quantitative estimate of drug-likeness (QED) is 0.118. The van der Waals surface area contributed by atoms with Gasteiger partial charge in [-0.15, -0.1) is 0 Å². The summed E-state index contributed by atoms with van der Waals surface area (Å²) < 4.78 is 43.3. The summed E-state index contributed by atoms with van der Waals surface area (Å²) in [6.45, 7) is 0. The van der Waals surface area contributed by atoms with Crippen LogP contribution in [0.5, 0.6) is 0 Å². The minimum atomic E-state index is -5.14. The van der Waals surface area contributed by atoms with E-state index >= 15 is 0 Å². The van der Waals surface area contributed by atoms with Crippen LogP contribution in [0.25, 0.3) is 0 Å². The molecule has 27 heteroatoms. The third-order valence-electron chi connectivity index (χ3n) is 0. The van der Waals surface area contributed by atoms with E-state index < -0.39 is 39.1 Å². The van der Waals surface area contributed by atoms with E-state index in [0.717, 1.165) is 0 Å². The van der Waals surface area contributed by atoms with E-state index in [9.17, 15) is 0 Å². The smallest absolute Gasteiger partial charge is 0.790 e. The van der Waals surface area contributed by atoms with Crippen molar-refractivity contribution in [3.63, 3.8) is 0 Å². The monoisotopic (exact) mass is 666 g/mol. The SMILES string of the molecule is O=P([O-])([O-])O.O=P([O-])([O-])O.O=P([O-])([O-])O.O=P([O-])([O-])O.O=P([O-])([O-])O.[Nb+5].[Nb+5]. The number of phosphoric acid groups is 5. The molecule has 0 amide bonds.